The Morgan fingerprint density at radius 2 is 2.30 bits per heavy atom. The minimum atomic E-state index is -0.490. The molecule has 2 heterocycles. The predicted octanol–water partition coefficient (Wildman–Crippen LogP) is 0.936. The van der Waals surface area contributed by atoms with Crippen LogP contribution in [0.25, 0.3) is 0 Å². The van der Waals surface area contributed by atoms with Crippen molar-refractivity contribution in [3.63, 3.8) is 0 Å². The number of carbonyl (C=O) groups is 1. The van der Waals surface area contributed by atoms with Crippen molar-refractivity contribution in [3.05, 3.63) is 18.0 Å². The smallest absolute Gasteiger partial charge is 0.251 e. The SMILES string of the molecule is CN(C1CCC(n2cc(C(N)=O)cn2)C(C#N)C1)C1(C)COC1. The highest BCUT2D eigenvalue weighted by Gasteiger charge is 2.43. The third-order valence-corrected chi connectivity index (χ3v) is 5.40. The van der Waals surface area contributed by atoms with Crippen molar-refractivity contribution in [1.82, 2.24) is 14.7 Å². The van der Waals surface area contributed by atoms with Crippen molar-refractivity contribution in [2.75, 3.05) is 20.3 Å². The van der Waals surface area contributed by atoms with Gasteiger partial charge >= 0.3 is 0 Å². The summed E-state index contributed by atoms with van der Waals surface area (Å²) < 4.78 is 7.09. The zero-order valence-electron chi connectivity index (χ0n) is 13.6. The van der Waals surface area contributed by atoms with E-state index in [2.05, 4.69) is 30.0 Å². The Morgan fingerprint density at radius 3 is 2.83 bits per heavy atom. The number of hydrogen-bond acceptors (Lipinski definition) is 5. The molecule has 1 saturated heterocycles. The first kappa shape index (κ1) is 16.0. The summed E-state index contributed by atoms with van der Waals surface area (Å²) >= 11 is 0. The van der Waals surface area contributed by atoms with E-state index in [4.69, 9.17) is 10.5 Å². The van der Waals surface area contributed by atoms with Gasteiger partial charge in [-0.3, -0.25) is 14.4 Å². The second kappa shape index (κ2) is 5.95. The average Bonchev–Trinajstić information content (AvgIpc) is 3.01. The molecule has 1 saturated carbocycles. The van der Waals surface area contributed by atoms with Gasteiger partial charge in [0.2, 0.25) is 0 Å². The molecule has 3 rings (SSSR count). The van der Waals surface area contributed by atoms with Gasteiger partial charge in [0.15, 0.2) is 0 Å². The van der Waals surface area contributed by atoms with Crippen LogP contribution in [-0.2, 0) is 4.74 Å². The molecule has 1 aliphatic carbocycles. The molecule has 1 aromatic heterocycles. The Labute approximate surface area is 136 Å². The minimum Gasteiger partial charge on any atom is -0.377 e. The Morgan fingerprint density at radius 1 is 1.57 bits per heavy atom. The van der Waals surface area contributed by atoms with Gasteiger partial charge in [0.05, 0.1) is 48.5 Å². The van der Waals surface area contributed by atoms with Crippen LogP contribution in [0.4, 0.5) is 0 Å². The van der Waals surface area contributed by atoms with Crippen molar-refractivity contribution in [1.29, 1.82) is 5.26 Å². The molecule has 1 aromatic rings. The van der Waals surface area contributed by atoms with Gasteiger partial charge in [-0.15, -0.1) is 0 Å². The first-order chi connectivity index (χ1) is 10.9. The number of likely N-dealkylation sites (N-methyl/N-ethyl adjacent to an activating group) is 1. The first-order valence-electron chi connectivity index (χ1n) is 7.99. The molecule has 2 aliphatic rings. The number of nitriles is 1. The topological polar surface area (TPSA) is 97.2 Å². The molecule has 0 bridgehead atoms. The lowest BCUT2D eigenvalue weighted by atomic mass is 9.80. The average molecular weight is 317 g/mol. The number of hydrogen-bond donors (Lipinski definition) is 1. The van der Waals surface area contributed by atoms with E-state index >= 15 is 0 Å². The first-order valence-corrected chi connectivity index (χ1v) is 7.99. The van der Waals surface area contributed by atoms with E-state index < -0.39 is 5.91 Å². The maximum atomic E-state index is 11.2. The van der Waals surface area contributed by atoms with E-state index in [-0.39, 0.29) is 17.5 Å². The third kappa shape index (κ3) is 2.84. The van der Waals surface area contributed by atoms with E-state index in [0.29, 0.717) is 11.6 Å². The fourth-order valence-corrected chi connectivity index (χ4v) is 3.63. The number of rotatable bonds is 4. The van der Waals surface area contributed by atoms with Gasteiger partial charge < -0.3 is 10.5 Å². The number of aromatic nitrogens is 2. The lowest BCUT2D eigenvalue weighted by Gasteiger charge is -2.50. The molecule has 7 nitrogen and oxygen atoms in total. The predicted molar refractivity (Wildman–Crippen MR) is 83.5 cm³/mol. The van der Waals surface area contributed by atoms with Gasteiger partial charge in [-0.2, -0.15) is 10.4 Å². The summed E-state index contributed by atoms with van der Waals surface area (Å²) in [5.41, 5.74) is 5.75. The zero-order valence-corrected chi connectivity index (χ0v) is 13.6. The monoisotopic (exact) mass is 317 g/mol. The summed E-state index contributed by atoms with van der Waals surface area (Å²) in [6.07, 6.45) is 5.80. The molecule has 23 heavy (non-hydrogen) atoms. The normalized spacial score (nSPS) is 29.7. The van der Waals surface area contributed by atoms with Crippen LogP contribution in [0.15, 0.2) is 12.4 Å². The van der Waals surface area contributed by atoms with Crippen molar-refractivity contribution >= 4 is 5.91 Å². The van der Waals surface area contributed by atoms with Crippen LogP contribution in [0.2, 0.25) is 0 Å². The molecule has 0 spiro atoms. The maximum Gasteiger partial charge on any atom is 0.251 e. The van der Waals surface area contributed by atoms with Gasteiger partial charge in [0.1, 0.15) is 0 Å². The summed E-state index contributed by atoms with van der Waals surface area (Å²) in [5, 5.41) is 13.8. The van der Waals surface area contributed by atoms with E-state index in [1.807, 2.05) is 0 Å². The second-order valence-corrected chi connectivity index (χ2v) is 6.94. The number of nitrogens with zero attached hydrogens (tertiary/aromatic N) is 4. The van der Waals surface area contributed by atoms with Crippen molar-refractivity contribution < 1.29 is 9.53 Å². The Bertz CT molecular complexity index is 631. The van der Waals surface area contributed by atoms with Crippen LogP contribution < -0.4 is 5.73 Å². The summed E-state index contributed by atoms with van der Waals surface area (Å²) in [6, 6.07) is 2.80. The van der Waals surface area contributed by atoms with Crippen molar-refractivity contribution in [2.45, 2.75) is 43.8 Å². The number of primary amides is 1. The molecule has 0 aromatic carbocycles. The lowest BCUT2D eigenvalue weighted by molar-refractivity contribution is -0.140. The quantitative estimate of drug-likeness (QED) is 0.891. The summed E-state index contributed by atoms with van der Waals surface area (Å²) in [6.45, 7) is 3.71. The van der Waals surface area contributed by atoms with Gasteiger partial charge in [-0.05, 0) is 33.2 Å². The molecule has 124 valence electrons. The van der Waals surface area contributed by atoms with E-state index in [0.717, 1.165) is 32.5 Å². The van der Waals surface area contributed by atoms with Crippen LogP contribution in [-0.4, -0.2) is 52.4 Å². The second-order valence-electron chi connectivity index (χ2n) is 6.94. The third-order valence-electron chi connectivity index (χ3n) is 5.40. The minimum absolute atomic E-state index is 0.00296. The van der Waals surface area contributed by atoms with Crippen molar-refractivity contribution in [2.24, 2.45) is 11.7 Å². The number of carbonyl (C=O) groups excluding carboxylic acids is 1. The Kier molecular flexibility index (Phi) is 4.13. The highest BCUT2D eigenvalue weighted by Crippen LogP contribution is 2.38. The maximum absolute atomic E-state index is 11.2. The molecule has 2 N–H and O–H groups in total. The zero-order chi connectivity index (χ0) is 16.6. The van der Waals surface area contributed by atoms with Gasteiger partial charge in [-0.1, -0.05) is 0 Å². The van der Waals surface area contributed by atoms with Crippen molar-refractivity contribution in [3.8, 4) is 6.07 Å². The number of nitrogens with two attached hydrogens (primary N) is 1. The molecular weight excluding hydrogens is 294 g/mol. The molecule has 0 radical (unpaired) electrons. The Hall–Kier alpha value is -1.91. The van der Waals surface area contributed by atoms with Crippen LogP contribution >= 0.6 is 0 Å². The molecule has 3 unspecified atom stereocenters. The standard InChI is InChI=1S/C16H23N5O2/c1-16(9-23-10-16)20(2)13-3-4-14(11(5-13)6-17)21-8-12(7-19-21)15(18)22/h7-8,11,13-14H,3-5,9-10H2,1-2H3,(H2,18,22). The largest absolute Gasteiger partial charge is 0.377 e. The van der Waals surface area contributed by atoms with Crippen LogP contribution in [0, 0.1) is 17.2 Å². The molecule has 2 fully saturated rings. The summed E-state index contributed by atoms with van der Waals surface area (Å²) in [7, 11) is 2.13. The van der Waals surface area contributed by atoms with Gasteiger partial charge in [0, 0.05) is 12.2 Å². The summed E-state index contributed by atoms with van der Waals surface area (Å²) in [5.74, 6) is -0.613. The molecular formula is C16H23N5O2. The Balaban J connectivity index is 1.71. The molecule has 1 amide bonds. The van der Waals surface area contributed by atoms with Crippen LogP contribution in [0.5, 0.6) is 0 Å². The fraction of sp³-hybridized carbons (Fsp3) is 0.688. The van der Waals surface area contributed by atoms with E-state index in [1.165, 1.54) is 6.20 Å². The van der Waals surface area contributed by atoms with E-state index in [9.17, 15) is 10.1 Å². The lowest BCUT2D eigenvalue weighted by Crippen LogP contribution is -2.62. The summed E-state index contributed by atoms with van der Waals surface area (Å²) in [4.78, 5) is 13.6. The van der Waals surface area contributed by atoms with E-state index in [1.54, 1.807) is 10.9 Å². The highest BCUT2D eigenvalue weighted by atomic mass is 16.5. The fourth-order valence-electron chi connectivity index (χ4n) is 3.63. The van der Waals surface area contributed by atoms with Gasteiger partial charge in [0.25, 0.3) is 5.91 Å². The number of ether oxygens (including phenoxy) is 1. The van der Waals surface area contributed by atoms with Crippen LogP contribution in [0.3, 0.4) is 0 Å². The van der Waals surface area contributed by atoms with Gasteiger partial charge in [-0.25, -0.2) is 0 Å². The molecule has 7 heteroatoms. The highest BCUT2D eigenvalue weighted by molar-refractivity contribution is 5.92. The molecule has 1 aliphatic heterocycles. The number of amides is 1. The van der Waals surface area contributed by atoms with Crippen LogP contribution in [0.1, 0.15) is 42.6 Å². The molecule has 3 atom stereocenters.